The average molecular weight is 477 g/mol. The summed E-state index contributed by atoms with van der Waals surface area (Å²) in [5.41, 5.74) is 2.07. The Hall–Kier alpha value is -3.53. The lowest BCUT2D eigenvalue weighted by atomic mass is 10.1. The molecule has 3 aromatic rings. The molecule has 33 heavy (non-hydrogen) atoms. The number of carbonyl (C=O) groups is 2. The zero-order valence-electron chi connectivity index (χ0n) is 17.8. The Bertz CT molecular complexity index is 1060. The topological polar surface area (TPSA) is 86.8 Å². The number of nitrogens with zero attached hydrogens (tertiary/aromatic N) is 1. The zero-order chi connectivity index (χ0) is 23.6. The van der Waals surface area contributed by atoms with Crippen LogP contribution in [0.25, 0.3) is 0 Å². The average Bonchev–Trinajstić information content (AvgIpc) is 3.27. The summed E-state index contributed by atoms with van der Waals surface area (Å²) in [6, 6.07) is 13.7. The molecule has 1 amide bonds. The van der Waals surface area contributed by atoms with E-state index >= 15 is 0 Å². The smallest absolute Gasteiger partial charge is 0.387 e. The molecule has 0 unspecified atom stereocenters. The van der Waals surface area contributed by atoms with E-state index in [0.717, 1.165) is 11.1 Å². The highest BCUT2D eigenvalue weighted by molar-refractivity contribution is 7.09. The number of halogens is 2. The van der Waals surface area contributed by atoms with Crippen LogP contribution in [0.1, 0.15) is 26.6 Å². The number of ether oxygens (including phenoxy) is 3. The van der Waals surface area contributed by atoms with Crippen LogP contribution in [0.3, 0.4) is 0 Å². The van der Waals surface area contributed by atoms with Gasteiger partial charge in [0.25, 0.3) is 5.91 Å². The molecule has 0 aliphatic carbocycles. The maximum Gasteiger partial charge on any atom is 0.387 e. The van der Waals surface area contributed by atoms with Crippen molar-refractivity contribution >= 4 is 23.2 Å². The monoisotopic (exact) mass is 476 g/mol. The van der Waals surface area contributed by atoms with Gasteiger partial charge in [-0.1, -0.05) is 29.8 Å². The number of hydrogen-bond donors (Lipinski definition) is 1. The van der Waals surface area contributed by atoms with Crippen LogP contribution in [0.2, 0.25) is 0 Å². The number of rotatable bonds is 11. The van der Waals surface area contributed by atoms with Crippen LogP contribution in [-0.2, 0) is 22.6 Å². The first-order valence-corrected chi connectivity index (χ1v) is 10.9. The lowest BCUT2D eigenvalue weighted by Gasteiger charge is -2.07. The largest absolute Gasteiger partial charge is 0.486 e. The highest BCUT2D eigenvalue weighted by atomic mass is 32.1. The summed E-state index contributed by atoms with van der Waals surface area (Å²) >= 11 is 1.26. The van der Waals surface area contributed by atoms with Gasteiger partial charge in [0.05, 0.1) is 0 Å². The van der Waals surface area contributed by atoms with E-state index in [-0.39, 0.29) is 18.1 Å². The van der Waals surface area contributed by atoms with Crippen LogP contribution in [-0.4, -0.2) is 36.6 Å². The van der Waals surface area contributed by atoms with Crippen molar-refractivity contribution in [1.82, 2.24) is 10.3 Å². The number of hydrogen-bond acceptors (Lipinski definition) is 7. The fourth-order valence-electron chi connectivity index (χ4n) is 2.69. The third kappa shape index (κ3) is 8.15. The second-order valence-electron chi connectivity index (χ2n) is 6.93. The van der Waals surface area contributed by atoms with Gasteiger partial charge in [-0.3, -0.25) is 4.79 Å². The van der Waals surface area contributed by atoms with E-state index in [9.17, 15) is 18.4 Å². The molecular formula is C23H22F2N2O5S. The van der Waals surface area contributed by atoms with E-state index in [1.54, 1.807) is 17.5 Å². The molecule has 7 nitrogen and oxygen atoms in total. The lowest BCUT2D eigenvalue weighted by molar-refractivity contribution is -0.124. The SMILES string of the molecule is Cc1ccc(OCc2nc(C(=O)OCC(=O)NCCc3ccc(OC(F)F)cc3)cs2)cc1. The first-order chi connectivity index (χ1) is 15.9. The minimum absolute atomic E-state index is 0.0663. The van der Waals surface area contributed by atoms with Gasteiger partial charge in [0, 0.05) is 11.9 Å². The number of thiazole rings is 1. The van der Waals surface area contributed by atoms with E-state index < -0.39 is 25.1 Å². The lowest BCUT2D eigenvalue weighted by Crippen LogP contribution is -2.30. The Morgan fingerprint density at radius 2 is 1.76 bits per heavy atom. The molecule has 10 heteroatoms. The number of aryl methyl sites for hydroxylation is 1. The Morgan fingerprint density at radius 3 is 2.45 bits per heavy atom. The van der Waals surface area contributed by atoms with Gasteiger partial charge in [-0.2, -0.15) is 8.78 Å². The second-order valence-corrected chi connectivity index (χ2v) is 7.87. The zero-order valence-corrected chi connectivity index (χ0v) is 18.6. The van der Waals surface area contributed by atoms with Gasteiger partial charge in [0.1, 0.15) is 23.1 Å². The molecule has 1 heterocycles. The van der Waals surface area contributed by atoms with Crippen LogP contribution in [0.5, 0.6) is 11.5 Å². The Morgan fingerprint density at radius 1 is 1.06 bits per heavy atom. The van der Waals surface area contributed by atoms with Gasteiger partial charge in [-0.15, -0.1) is 11.3 Å². The van der Waals surface area contributed by atoms with Crippen molar-refractivity contribution in [3.8, 4) is 11.5 Å². The maximum absolute atomic E-state index is 12.1. The number of carbonyl (C=O) groups excluding carboxylic acids is 2. The molecule has 1 aromatic heterocycles. The maximum atomic E-state index is 12.1. The molecular weight excluding hydrogens is 454 g/mol. The summed E-state index contributed by atoms with van der Waals surface area (Å²) in [5.74, 6) is -0.387. The molecule has 0 spiro atoms. The van der Waals surface area contributed by atoms with Crippen molar-refractivity contribution in [2.75, 3.05) is 13.2 Å². The van der Waals surface area contributed by atoms with Gasteiger partial charge in [-0.05, 0) is 43.2 Å². The van der Waals surface area contributed by atoms with E-state index in [1.807, 2.05) is 31.2 Å². The highest BCUT2D eigenvalue weighted by Gasteiger charge is 2.14. The summed E-state index contributed by atoms with van der Waals surface area (Å²) in [7, 11) is 0. The summed E-state index contributed by atoms with van der Waals surface area (Å²) < 4.78 is 39.2. The molecule has 0 saturated heterocycles. The quantitative estimate of drug-likeness (QED) is 0.419. The Balaban J connectivity index is 1.35. The van der Waals surface area contributed by atoms with Crippen molar-refractivity contribution in [2.45, 2.75) is 26.6 Å². The molecule has 1 N–H and O–H groups in total. The van der Waals surface area contributed by atoms with E-state index in [4.69, 9.17) is 9.47 Å². The van der Waals surface area contributed by atoms with Crippen molar-refractivity contribution in [1.29, 1.82) is 0 Å². The third-order valence-electron chi connectivity index (χ3n) is 4.36. The summed E-state index contributed by atoms with van der Waals surface area (Å²) in [4.78, 5) is 28.2. The number of nitrogens with one attached hydrogen (secondary N) is 1. The van der Waals surface area contributed by atoms with Crippen LogP contribution in [0.15, 0.2) is 53.9 Å². The number of esters is 1. The number of benzene rings is 2. The van der Waals surface area contributed by atoms with Gasteiger partial charge in [0.15, 0.2) is 12.3 Å². The van der Waals surface area contributed by atoms with E-state index in [1.165, 1.54) is 23.5 Å². The molecule has 0 aliphatic heterocycles. The minimum Gasteiger partial charge on any atom is -0.486 e. The van der Waals surface area contributed by atoms with Crippen LogP contribution >= 0.6 is 11.3 Å². The molecule has 174 valence electrons. The van der Waals surface area contributed by atoms with Crippen molar-refractivity contribution in [3.05, 3.63) is 75.7 Å². The summed E-state index contributed by atoms with van der Waals surface area (Å²) in [6.45, 7) is -0.815. The number of alkyl halides is 2. The van der Waals surface area contributed by atoms with Gasteiger partial charge < -0.3 is 19.5 Å². The second kappa shape index (κ2) is 11.9. The van der Waals surface area contributed by atoms with Crippen molar-refractivity contribution in [2.24, 2.45) is 0 Å². The van der Waals surface area contributed by atoms with E-state index in [0.29, 0.717) is 23.7 Å². The van der Waals surface area contributed by atoms with Gasteiger partial charge in [-0.25, -0.2) is 9.78 Å². The van der Waals surface area contributed by atoms with Crippen LogP contribution in [0.4, 0.5) is 8.78 Å². The van der Waals surface area contributed by atoms with Gasteiger partial charge >= 0.3 is 12.6 Å². The fraction of sp³-hybridized carbons (Fsp3) is 0.261. The third-order valence-corrected chi connectivity index (χ3v) is 5.19. The number of amides is 1. The number of aromatic nitrogens is 1. The predicted octanol–water partition coefficient (Wildman–Crippen LogP) is 4.15. The highest BCUT2D eigenvalue weighted by Crippen LogP contribution is 2.17. The first-order valence-electron chi connectivity index (χ1n) is 10.0. The van der Waals surface area contributed by atoms with Crippen molar-refractivity contribution in [3.63, 3.8) is 0 Å². The predicted molar refractivity (Wildman–Crippen MR) is 118 cm³/mol. The van der Waals surface area contributed by atoms with Crippen LogP contribution in [0, 0.1) is 6.92 Å². The minimum atomic E-state index is -2.87. The molecule has 2 aromatic carbocycles. The molecule has 0 fully saturated rings. The van der Waals surface area contributed by atoms with Crippen LogP contribution < -0.4 is 14.8 Å². The summed E-state index contributed by atoms with van der Waals surface area (Å²) in [6.07, 6.45) is 0.477. The summed E-state index contributed by atoms with van der Waals surface area (Å²) in [5, 5.41) is 4.79. The normalized spacial score (nSPS) is 10.7. The molecule has 0 radical (unpaired) electrons. The molecule has 0 bridgehead atoms. The molecule has 0 aliphatic rings. The Labute approximate surface area is 193 Å². The van der Waals surface area contributed by atoms with E-state index in [2.05, 4.69) is 15.0 Å². The van der Waals surface area contributed by atoms with Crippen molar-refractivity contribution < 1.29 is 32.6 Å². The first kappa shape index (κ1) is 24.1. The molecule has 3 rings (SSSR count). The molecule has 0 saturated carbocycles. The Kier molecular flexibility index (Phi) is 8.71. The molecule has 0 atom stereocenters. The fourth-order valence-corrected chi connectivity index (χ4v) is 3.36. The standard InChI is InChI=1S/C23H22F2N2O5S/c1-15-2-6-17(7-3-15)30-13-21-27-19(14-33-21)22(29)31-12-20(28)26-11-10-16-4-8-18(9-5-16)32-23(24)25/h2-9,14,23H,10-13H2,1H3,(H,26,28). The van der Waals surface area contributed by atoms with Gasteiger partial charge in [0.2, 0.25) is 0 Å².